The van der Waals surface area contributed by atoms with Gasteiger partial charge in [-0.25, -0.2) is 0 Å². The van der Waals surface area contributed by atoms with Crippen LogP contribution in [0.5, 0.6) is 5.75 Å². The highest BCUT2D eigenvalue weighted by molar-refractivity contribution is 6.03. The number of amides is 1. The zero-order valence-corrected chi connectivity index (χ0v) is 15.2. The molecule has 1 aromatic heterocycles. The van der Waals surface area contributed by atoms with Crippen LogP contribution in [0, 0.1) is 11.3 Å². The van der Waals surface area contributed by atoms with Crippen LogP contribution in [0.15, 0.2) is 71.3 Å². The third kappa shape index (κ3) is 4.36. The van der Waals surface area contributed by atoms with Crippen molar-refractivity contribution in [3.8, 4) is 11.8 Å². The number of carbonyl (C=O) groups is 1. The Morgan fingerprint density at radius 2 is 1.81 bits per heavy atom. The second-order valence-electron chi connectivity index (χ2n) is 6.64. The average Bonchev–Trinajstić information content (AvgIpc) is 3.16. The molecule has 3 rings (SSSR count). The summed E-state index contributed by atoms with van der Waals surface area (Å²) in [4.78, 5) is 12.5. The topological polar surface area (TPSA) is 75.3 Å². The molecule has 0 aliphatic rings. The largest absolute Gasteiger partial charge is 0.489 e. The molecule has 136 valence electrons. The smallest absolute Gasteiger partial charge is 0.291 e. The molecule has 0 aliphatic heterocycles. The molecular formula is C22H20N2O3. The van der Waals surface area contributed by atoms with Crippen LogP contribution in [0.4, 0.5) is 5.69 Å². The van der Waals surface area contributed by atoms with E-state index in [4.69, 9.17) is 9.15 Å². The monoisotopic (exact) mass is 360 g/mol. The standard InChI is InChI=1S/C22H20N2O3/c1-22(2,15-23)17-8-10-18(11-9-17)24-21(25)20-16(12-13-26-20)14-27-19-6-4-3-5-7-19/h3-13H,14H2,1-2H3,(H,24,25). The number of rotatable bonds is 6. The molecule has 1 heterocycles. The molecule has 0 fully saturated rings. The maximum Gasteiger partial charge on any atom is 0.291 e. The number of ether oxygens (including phenoxy) is 1. The second-order valence-corrected chi connectivity index (χ2v) is 6.64. The molecule has 3 aromatic rings. The van der Waals surface area contributed by atoms with E-state index >= 15 is 0 Å². The maximum atomic E-state index is 12.5. The van der Waals surface area contributed by atoms with Gasteiger partial charge in [-0.3, -0.25) is 4.79 Å². The van der Waals surface area contributed by atoms with E-state index in [-0.39, 0.29) is 18.3 Å². The maximum absolute atomic E-state index is 12.5. The fourth-order valence-electron chi connectivity index (χ4n) is 2.55. The van der Waals surface area contributed by atoms with Crippen molar-refractivity contribution in [1.29, 1.82) is 5.26 Å². The summed E-state index contributed by atoms with van der Waals surface area (Å²) in [5.41, 5.74) is 1.60. The first kappa shape index (κ1) is 18.3. The number of nitrogens with zero attached hydrogens (tertiary/aromatic N) is 1. The summed E-state index contributed by atoms with van der Waals surface area (Å²) in [7, 11) is 0. The average molecular weight is 360 g/mol. The van der Waals surface area contributed by atoms with Crippen molar-refractivity contribution >= 4 is 11.6 Å². The minimum atomic E-state index is -0.578. The fraction of sp³-hybridized carbons (Fsp3) is 0.182. The van der Waals surface area contributed by atoms with E-state index in [9.17, 15) is 10.1 Å². The molecule has 5 heteroatoms. The van der Waals surface area contributed by atoms with Gasteiger partial charge in [-0.05, 0) is 49.7 Å². The first-order valence-corrected chi connectivity index (χ1v) is 8.57. The number of para-hydroxylation sites is 1. The molecule has 2 aromatic carbocycles. The van der Waals surface area contributed by atoms with E-state index in [0.717, 1.165) is 11.3 Å². The first-order valence-electron chi connectivity index (χ1n) is 8.57. The van der Waals surface area contributed by atoms with Gasteiger partial charge in [-0.2, -0.15) is 5.26 Å². The predicted molar refractivity (Wildman–Crippen MR) is 103 cm³/mol. The summed E-state index contributed by atoms with van der Waals surface area (Å²) in [5, 5.41) is 12.0. The van der Waals surface area contributed by atoms with Crippen LogP contribution in [0.1, 0.15) is 35.5 Å². The van der Waals surface area contributed by atoms with Crippen molar-refractivity contribution < 1.29 is 13.9 Å². The van der Waals surface area contributed by atoms with E-state index in [0.29, 0.717) is 11.3 Å². The van der Waals surface area contributed by atoms with E-state index in [1.165, 1.54) is 6.26 Å². The molecule has 0 saturated heterocycles. The van der Waals surface area contributed by atoms with Gasteiger partial charge >= 0.3 is 0 Å². The zero-order valence-electron chi connectivity index (χ0n) is 15.2. The normalized spacial score (nSPS) is 10.9. The van der Waals surface area contributed by atoms with Gasteiger partial charge in [0.05, 0.1) is 17.7 Å². The summed E-state index contributed by atoms with van der Waals surface area (Å²) >= 11 is 0. The fourth-order valence-corrected chi connectivity index (χ4v) is 2.55. The number of benzene rings is 2. The summed E-state index contributed by atoms with van der Waals surface area (Å²) in [6.45, 7) is 3.93. The molecule has 0 bridgehead atoms. The lowest BCUT2D eigenvalue weighted by Gasteiger charge is -2.16. The molecule has 0 spiro atoms. The zero-order chi connectivity index (χ0) is 19.3. The minimum absolute atomic E-state index is 0.215. The van der Waals surface area contributed by atoms with Crippen LogP contribution in [-0.4, -0.2) is 5.91 Å². The Morgan fingerprint density at radius 3 is 2.48 bits per heavy atom. The molecule has 27 heavy (non-hydrogen) atoms. The molecule has 0 saturated carbocycles. The van der Waals surface area contributed by atoms with Crippen LogP contribution in [0.3, 0.4) is 0 Å². The van der Waals surface area contributed by atoms with E-state index in [1.807, 2.05) is 56.3 Å². The van der Waals surface area contributed by atoms with E-state index in [2.05, 4.69) is 11.4 Å². The van der Waals surface area contributed by atoms with Gasteiger partial charge < -0.3 is 14.5 Å². The van der Waals surface area contributed by atoms with Gasteiger partial charge in [0.15, 0.2) is 5.76 Å². The Hall–Kier alpha value is -3.52. The predicted octanol–water partition coefficient (Wildman–Crippen LogP) is 4.91. The summed E-state index contributed by atoms with van der Waals surface area (Å²) in [6, 6.07) is 20.6. The Labute approximate surface area is 158 Å². The van der Waals surface area contributed by atoms with Gasteiger partial charge in [0.1, 0.15) is 12.4 Å². The Balaban J connectivity index is 1.67. The highest BCUT2D eigenvalue weighted by atomic mass is 16.5. The molecule has 0 radical (unpaired) electrons. The van der Waals surface area contributed by atoms with Gasteiger partial charge in [-0.1, -0.05) is 30.3 Å². The molecule has 0 unspecified atom stereocenters. The van der Waals surface area contributed by atoms with Crippen LogP contribution >= 0.6 is 0 Å². The lowest BCUT2D eigenvalue weighted by molar-refractivity contribution is 0.0993. The van der Waals surface area contributed by atoms with Crippen molar-refractivity contribution in [3.05, 3.63) is 83.8 Å². The number of hydrogen-bond acceptors (Lipinski definition) is 4. The SMILES string of the molecule is CC(C)(C#N)c1ccc(NC(=O)c2occc2COc2ccccc2)cc1. The number of anilines is 1. The number of nitriles is 1. The third-order valence-corrected chi connectivity index (χ3v) is 4.23. The number of hydrogen-bond donors (Lipinski definition) is 1. The van der Waals surface area contributed by atoms with Crippen molar-refractivity contribution in [3.63, 3.8) is 0 Å². The van der Waals surface area contributed by atoms with Crippen molar-refractivity contribution in [1.82, 2.24) is 0 Å². The number of carbonyl (C=O) groups excluding carboxylic acids is 1. The Bertz CT molecular complexity index is 951. The lowest BCUT2D eigenvalue weighted by atomic mass is 9.86. The number of furan rings is 1. The van der Waals surface area contributed by atoms with Crippen molar-refractivity contribution in [2.75, 3.05) is 5.32 Å². The van der Waals surface area contributed by atoms with Crippen molar-refractivity contribution in [2.45, 2.75) is 25.9 Å². The second kappa shape index (κ2) is 7.79. The molecule has 0 atom stereocenters. The molecule has 0 aliphatic carbocycles. The van der Waals surface area contributed by atoms with E-state index in [1.54, 1.807) is 18.2 Å². The summed E-state index contributed by atoms with van der Waals surface area (Å²) in [5.74, 6) is 0.590. The Morgan fingerprint density at radius 1 is 1.11 bits per heavy atom. The Kier molecular flexibility index (Phi) is 5.28. The summed E-state index contributed by atoms with van der Waals surface area (Å²) < 4.78 is 11.0. The molecular weight excluding hydrogens is 340 g/mol. The third-order valence-electron chi connectivity index (χ3n) is 4.23. The quantitative estimate of drug-likeness (QED) is 0.677. The van der Waals surface area contributed by atoms with Gasteiger partial charge in [0.25, 0.3) is 5.91 Å². The highest BCUT2D eigenvalue weighted by Crippen LogP contribution is 2.24. The lowest BCUT2D eigenvalue weighted by Crippen LogP contribution is -2.15. The highest BCUT2D eigenvalue weighted by Gasteiger charge is 2.20. The first-order chi connectivity index (χ1) is 13.0. The van der Waals surface area contributed by atoms with Crippen LogP contribution < -0.4 is 10.1 Å². The van der Waals surface area contributed by atoms with Gasteiger partial charge in [0.2, 0.25) is 0 Å². The molecule has 1 amide bonds. The van der Waals surface area contributed by atoms with E-state index < -0.39 is 5.41 Å². The summed E-state index contributed by atoms with van der Waals surface area (Å²) in [6.07, 6.45) is 1.47. The van der Waals surface area contributed by atoms with Gasteiger partial charge in [-0.15, -0.1) is 0 Å². The minimum Gasteiger partial charge on any atom is -0.489 e. The number of nitrogens with one attached hydrogen (secondary N) is 1. The van der Waals surface area contributed by atoms with Crippen LogP contribution in [0.2, 0.25) is 0 Å². The molecule has 1 N–H and O–H groups in total. The van der Waals surface area contributed by atoms with Crippen molar-refractivity contribution in [2.24, 2.45) is 0 Å². The molecule has 5 nitrogen and oxygen atoms in total. The van der Waals surface area contributed by atoms with Crippen LogP contribution in [-0.2, 0) is 12.0 Å². The van der Waals surface area contributed by atoms with Gasteiger partial charge in [0, 0.05) is 11.3 Å². The van der Waals surface area contributed by atoms with Crippen LogP contribution in [0.25, 0.3) is 0 Å².